The third-order valence-corrected chi connectivity index (χ3v) is 2.02. The van der Waals surface area contributed by atoms with Crippen molar-refractivity contribution in [2.75, 3.05) is 13.7 Å². The number of ether oxygens (including phenoxy) is 2. The molecule has 0 radical (unpaired) electrons. The Kier molecular flexibility index (Phi) is 4.12. The van der Waals surface area contributed by atoms with E-state index in [1.807, 2.05) is 6.07 Å². The SMILES string of the molecule is CCOC(=O)c1cccc(CN)c1OC. The average molecular weight is 209 g/mol. The minimum Gasteiger partial charge on any atom is -0.496 e. The first kappa shape index (κ1) is 11.5. The summed E-state index contributed by atoms with van der Waals surface area (Å²) in [5, 5.41) is 0. The highest BCUT2D eigenvalue weighted by atomic mass is 16.5. The summed E-state index contributed by atoms with van der Waals surface area (Å²) in [5.41, 5.74) is 6.75. The van der Waals surface area contributed by atoms with Gasteiger partial charge in [0.25, 0.3) is 0 Å². The number of rotatable bonds is 4. The van der Waals surface area contributed by atoms with E-state index in [9.17, 15) is 4.79 Å². The molecule has 0 saturated carbocycles. The van der Waals surface area contributed by atoms with Crippen molar-refractivity contribution in [2.24, 2.45) is 5.73 Å². The Morgan fingerprint density at radius 3 is 2.73 bits per heavy atom. The standard InChI is InChI=1S/C11H15NO3/c1-3-15-11(13)9-6-4-5-8(7-12)10(9)14-2/h4-6H,3,7,12H2,1-2H3. The highest BCUT2D eigenvalue weighted by Crippen LogP contribution is 2.24. The molecule has 0 aliphatic heterocycles. The topological polar surface area (TPSA) is 61.5 Å². The zero-order chi connectivity index (χ0) is 11.3. The van der Waals surface area contributed by atoms with Gasteiger partial charge in [0.15, 0.2) is 0 Å². The number of nitrogens with two attached hydrogens (primary N) is 1. The van der Waals surface area contributed by atoms with Gasteiger partial charge in [-0.15, -0.1) is 0 Å². The number of para-hydroxylation sites is 1. The van der Waals surface area contributed by atoms with Crippen LogP contribution in [0.5, 0.6) is 5.75 Å². The molecule has 0 aliphatic rings. The van der Waals surface area contributed by atoms with E-state index >= 15 is 0 Å². The molecule has 2 N–H and O–H groups in total. The summed E-state index contributed by atoms with van der Waals surface area (Å²) in [5.74, 6) is 0.114. The van der Waals surface area contributed by atoms with E-state index in [0.29, 0.717) is 24.5 Å². The summed E-state index contributed by atoms with van der Waals surface area (Å²) in [6.45, 7) is 2.43. The molecule has 0 amide bonds. The smallest absolute Gasteiger partial charge is 0.341 e. The van der Waals surface area contributed by atoms with Crippen molar-refractivity contribution < 1.29 is 14.3 Å². The molecule has 0 fully saturated rings. The number of hydrogen-bond donors (Lipinski definition) is 1. The van der Waals surface area contributed by atoms with Crippen LogP contribution in [0.2, 0.25) is 0 Å². The van der Waals surface area contributed by atoms with Crippen LogP contribution in [0.4, 0.5) is 0 Å². The maximum absolute atomic E-state index is 11.5. The lowest BCUT2D eigenvalue weighted by Crippen LogP contribution is -2.09. The van der Waals surface area contributed by atoms with Crippen molar-refractivity contribution >= 4 is 5.97 Å². The Morgan fingerprint density at radius 2 is 2.20 bits per heavy atom. The van der Waals surface area contributed by atoms with Gasteiger partial charge in [0, 0.05) is 12.1 Å². The second kappa shape index (κ2) is 5.36. The van der Waals surface area contributed by atoms with Gasteiger partial charge < -0.3 is 15.2 Å². The van der Waals surface area contributed by atoms with Crippen LogP contribution in [-0.4, -0.2) is 19.7 Å². The molecular weight excluding hydrogens is 194 g/mol. The lowest BCUT2D eigenvalue weighted by Gasteiger charge is -2.11. The Hall–Kier alpha value is -1.55. The fourth-order valence-electron chi connectivity index (χ4n) is 1.36. The van der Waals surface area contributed by atoms with Gasteiger partial charge in [-0.2, -0.15) is 0 Å². The second-order valence-electron chi connectivity index (χ2n) is 2.92. The molecule has 0 aliphatic carbocycles. The third-order valence-electron chi connectivity index (χ3n) is 2.02. The number of carbonyl (C=O) groups excluding carboxylic acids is 1. The molecule has 0 saturated heterocycles. The molecule has 0 bridgehead atoms. The predicted molar refractivity (Wildman–Crippen MR) is 56.8 cm³/mol. The van der Waals surface area contributed by atoms with E-state index in [4.69, 9.17) is 15.2 Å². The summed E-state index contributed by atoms with van der Waals surface area (Å²) in [6, 6.07) is 5.24. The second-order valence-corrected chi connectivity index (χ2v) is 2.92. The summed E-state index contributed by atoms with van der Waals surface area (Å²) in [4.78, 5) is 11.5. The first-order valence-corrected chi connectivity index (χ1v) is 4.77. The maximum atomic E-state index is 11.5. The van der Waals surface area contributed by atoms with E-state index in [1.165, 1.54) is 7.11 Å². The van der Waals surface area contributed by atoms with Crippen LogP contribution < -0.4 is 10.5 Å². The maximum Gasteiger partial charge on any atom is 0.341 e. The van der Waals surface area contributed by atoms with E-state index in [0.717, 1.165) is 5.56 Å². The van der Waals surface area contributed by atoms with Crippen molar-refractivity contribution in [3.8, 4) is 5.75 Å². The lowest BCUT2D eigenvalue weighted by molar-refractivity contribution is 0.0522. The van der Waals surface area contributed by atoms with Gasteiger partial charge in [-0.05, 0) is 13.0 Å². The normalized spacial score (nSPS) is 9.80. The zero-order valence-corrected chi connectivity index (χ0v) is 8.95. The summed E-state index contributed by atoms with van der Waals surface area (Å²) in [7, 11) is 1.51. The predicted octanol–water partition coefficient (Wildman–Crippen LogP) is 1.33. The van der Waals surface area contributed by atoms with Gasteiger partial charge in [-0.25, -0.2) is 4.79 Å². The molecule has 15 heavy (non-hydrogen) atoms. The van der Waals surface area contributed by atoms with Gasteiger partial charge in [0.2, 0.25) is 0 Å². The van der Waals surface area contributed by atoms with Gasteiger partial charge in [0.1, 0.15) is 11.3 Å². The molecule has 0 unspecified atom stereocenters. The van der Waals surface area contributed by atoms with Crippen LogP contribution in [0.3, 0.4) is 0 Å². The van der Waals surface area contributed by atoms with Crippen molar-refractivity contribution in [2.45, 2.75) is 13.5 Å². The average Bonchev–Trinajstić information content (AvgIpc) is 2.28. The van der Waals surface area contributed by atoms with Crippen LogP contribution in [0, 0.1) is 0 Å². The Bertz CT molecular complexity index is 350. The van der Waals surface area contributed by atoms with Crippen LogP contribution in [0.15, 0.2) is 18.2 Å². The first-order valence-electron chi connectivity index (χ1n) is 4.77. The van der Waals surface area contributed by atoms with E-state index in [2.05, 4.69) is 0 Å². The quantitative estimate of drug-likeness (QED) is 0.760. The molecule has 1 rings (SSSR count). The lowest BCUT2D eigenvalue weighted by atomic mass is 10.1. The Balaban J connectivity index is 3.11. The summed E-state index contributed by atoms with van der Waals surface area (Å²) in [6.07, 6.45) is 0. The molecule has 82 valence electrons. The van der Waals surface area contributed by atoms with Crippen LogP contribution in [-0.2, 0) is 11.3 Å². The van der Waals surface area contributed by atoms with Gasteiger partial charge in [-0.1, -0.05) is 12.1 Å². The molecule has 4 nitrogen and oxygen atoms in total. The molecule has 0 heterocycles. The number of methoxy groups -OCH3 is 1. The van der Waals surface area contributed by atoms with E-state index in [1.54, 1.807) is 19.1 Å². The van der Waals surface area contributed by atoms with Crippen molar-refractivity contribution in [3.63, 3.8) is 0 Å². The molecule has 1 aromatic rings. The Morgan fingerprint density at radius 1 is 1.47 bits per heavy atom. The first-order chi connectivity index (χ1) is 7.24. The highest BCUT2D eigenvalue weighted by Gasteiger charge is 2.15. The van der Waals surface area contributed by atoms with Crippen molar-refractivity contribution in [1.29, 1.82) is 0 Å². The zero-order valence-electron chi connectivity index (χ0n) is 8.95. The van der Waals surface area contributed by atoms with Crippen LogP contribution >= 0.6 is 0 Å². The van der Waals surface area contributed by atoms with Crippen LogP contribution in [0.25, 0.3) is 0 Å². The molecule has 1 aromatic carbocycles. The number of hydrogen-bond acceptors (Lipinski definition) is 4. The molecule has 0 atom stereocenters. The molecule has 0 spiro atoms. The van der Waals surface area contributed by atoms with Gasteiger partial charge in [0.05, 0.1) is 13.7 Å². The van der Waals surface area contributed by atoms with Crippen LogP contribution in [0.1, 0.15) is 22.8 Å². The largest absolute Gasteiger partial charge is 0.496 e. The molecular formula is C11H15NO3. The number of benzene rings is 1. The Labute approximate surface area is 89.0 Å². The van der Waals surface area contributed by atoms with Gasteiger partial charge in [-0.3, -0.25) is 0 Å². The van der Waals surface area contributed by atoms with Crippen molar-refractivity contribution in [3.05, 3.63) is 29.3 Å². The minimum atomic E-state index is -0.385. The minimum absolute atomic E-state index is 0.330. The number of esters is 1. The third kappa shape index (κ3) is 2.47. The molecule has 0 aromatic heterocycles. The summed E-state index contributed by atoms with van der Waals surface area (Å²) < 4.78 is 10.1. The summed E-state index contributed by atoms with van der Waals surface area (Å²) >= 11 is 0. The van der Waals surface area contributed by atoms with Gasteiger partial charge >= 0.3 is 5.97 Å². The fourth-order valence-corrected chi connectivity index (χ4v) is 1.36. The molecule has 4 heteroatoms. The number of carbonyl (C=O) groups is 1. The van der Waals surface area contributed by atoms with E-state index in [-0.39, 0.29) is 5.97 Å². The monoisotopic (exact) mass is 209 g/mol. The van der Waals surface area contributed by atoms with E-state index < -0.39 is 0 Å². The van der Waals surface area contributed by atoms with Crippen molar-refractivity contribution in [1.82, 2.24) is 0 Å². The highest BCUT2D eigenvalue weighted by molar-refractivity contribution is 5.93. The fraction of sp³-hybridized carbons (Fsp3) is 0.364.